The Morgan fingerprint density at radius 2 is 1.93 bits per heavy atom. The van der Waals surface area contributed by atoms with Crippen molar-refractivity contribution in [2.24, 2.45) is 4.99 Å². The van der Waals surface area contributed by atoms with Crippen molar-refractivity contribution >= 4 is 51.7 Å². The SMILES string of the molecule is O=C1CCSC(=Nc2ccc(Cl)c(Cl)c2)N1Cc1ccc(-n2cncn2)cc1. The van der Waals surface area contributed by atoms with Crippen molar-refractivity contribution in [3.05, 3.63) is 70.7 Å². The van der Waals surface area contributed by atoms with Crippen LogP contribution in [0, 0.1) is 0 Å². The maximum Gasteiger partial charge on any atom is 0.229 e. The molecule has 3 aromatic rings. The topological polar surface area (TPSA) is 63.4 Å². The second-order valence-corrected chi connectivity index (χ2v) is 7.95. The zero-order valence-corrected chi connectivity index (χ0v) is 17.0. The zero-order chi connectivity index (χ0) is 19.5. The number of halogens is 2. The lowest BCUT2D eigenvalue weighted by atomic mass is 10.2. The van der Waals surface area contributed by atoms with E-state index in [0.29, 0.717) is 39.6 Å². The number of amidine groups is 1. The van der Waals surface area contributed by atoms with Crippen LogP contribution in [0.15, 0.2) is 60.1 Å². The zero-order valence-electron chi connectivity index (χ0n) is 14.6. The van der Waals surface area contributed by atoms with Gasteiger partial charge in [-0.1, -0.05) is 47.1 Å². The minimum absolute atomic E-state index is 0.0536. The molecular weight excluding hydrogens is 417 g/mol. The number of nitrogens with zero attached hydrogens (tertiary/aromatic N) is 5. The summed E-state index contributed by atoms with van der Waals surface area (Å²) in [5, 5.41) is 5.69. The highest BCUT2D eigenvalue weighted by Gasteiger charge is 2.25. The third-order valence-corrected chi connectivity index (χ3v) is 5.88. The van der Waals surface area contributed by atoms with Crippen LogP contribution in [0.25, 0.3) is 5.69 Å². The average molecular weight is 432 g/mol. The van der Waals surface area contributed by atoms with Crippen molar-refractivity contribution in [1.29, 1.82) is 0 Å². The van der Waals surface area contributed by atoms with Crippen molar-refractivity contribution in [2.45, 2.75) is 13.0 Å². The molecule has 0 aliphatic carbocycles. The van der Waals surface area contributed by atoms with Gasteiger partial charge in [-0.2, -0.15) is 5.10 Å². The lowest BCUT2D eigenvalue weighted by Gasteiger charge is -2.28. The first-order valence-corrected chi connectivity index (χ1v) is 10.2. The minimum Gasteiger partial charge on any atom is -0.287 e. The molecule has 6 nitrogen and oxygen atoms in total. The molecule has 0 radical (unpaired) electrons. The van der Waals surface area contributed by atoms with Gasteiger partial charge in [0.15, 0.2) is 5.17 Å². The summed E-state index contributed by atoms with van der Waals surface area (Å²) in [6.45, 7) is 0.448. The van der Waals surface area contributed by atoms with Crippen LogP contribution < -0.4 is 0 Å². The molecule has 0 spiro atoms. The van der Waals surface area contributed by atoms with Gasteiger partial charge in [0.1, 0.15) is 12.7 Å². The minimum atomic E-state index is 0.0536. The predicted molar refractivity (Wildman–Crippen MR) is 113 cm³/mol. The number of amides is 1. The highest BCUT2D eigenvalue weighted by Crippen LogP contribution is 2.29. The maximum absolute atomic E-state index is 12.5. The Morgan fingerprint density at radius 3 is 2.64 bits per heavy atom. The number of hydrogen-bond donors (Lipinski definition) is 0. The Balaban J connectivity index is 1.57. The summed E-state index contributed by atoms with van der Waals surface area (Å²) in [6, 6.07) is 13.0. The van der Waals surface area contributed by atoms with E-state index >= 15 is 0 Å². The van der Waals surface area contributed by atoms with E-state index in [1.807, 2.05) is 24.3 Å². The number of carbonyl (C=O) groups excluding carboxylic acids is 1. The Kier molecular flexibility index (Phi) is 5.66. The smallest absolute Gasteiger partial charge is 0.229 e. The fourth-order valence-electron chi connectivity index (χ4n) is 2.74. The van der Waals surface area contributed by atoms with Gasteiger partial charge in [0, 0.05) is 12.2 Å². The molecule has 1 aromatic heterocycles. The molecule has 0 atom stereocenters. The summed E-state index contributed by atoms with van der Waals surface area (Å²) >= 11 is 13.6. The average Bonchev–Trinajstić information content (AvgIpc) is 3.23. The standard InChI is InChI=1S/C19H15Cl2N5OS/c20-16-6-3-14(9-17(16)21)24-19-25(18(27)7-8-28-19)10-13-1-4-15(5-2-13)26-12-22-11-23-26/h1-6,9,11-12H,7-8,10H2. The van der Waals surface area contributed by atoms with Gasteiger partial charge in [0.05, 0.1) is 28.0 Å². The molecule has 0 bridgehead atoms. The lowest BCUT2D eigenvalue weighted by molar-refractivity contribution is -0.127. The van der Waals surface area contributed by atoms with Crippen LogP contribution in [0.3, 0.4) is 0 Å². The summed E-state index contributed by atoms with van der Waals surface area (Å²) in [7, 11) is 0. The van der Waals surface area contributed by atoms with Gasteiger partial charge in [-0.3, -0.25) is 9.69 Å². The lowest BCUT2D eigenvalue weighted by Crippen LogP contribution is -2.38. The fourth-order valence-corrected chi connectivity index (χ4v) is 3.98. The second-order valence-electron chi connectivity index (χ2n) is 6.08. The van der Waals surface area contributed by atoms with E-state index in [2.05, 4.69) is 15.1 Å². The van der Waals surface area contributed by atoms with Gasteiger partial charge in [0.25, 0.3) is 0 Å². The van der Waals surface area contributed by atoms with Crippen LogP contribution in [0.2, 0.25) is 10.0 Å². The summed E-state index contributed by atoms with van der Waals surface area (Å²) < 4.78 is 1.68. The van der Waals surface area contributed by atoms with Crippen LogP contribution in [0.1, 0.15) is 12.0 Å². The Bertz CT molecular complexity index is 1020. The fraction of sp³-hybridized carbons (Fsp3) is 0.158. The van der Waals surface area contributed by atoms with Gasteiger partial charge in [-0.05, 0) is 35.9 Å². The molecule has 4 rings (SSSR count). The molecule has 0 unspecified atom stereocenters. The molecule has 0 N–H and O–H groups in total. The van der Waals surface area contributed by atoms with E-state index in [4.69, 9.17) is 23.2 Å². The van der Waals surface area contributed by atoms with Crippen LogP contribution in [-0.4, -0.2) is 36.5 Å². The molecule has 1 saturated heterocycles. The van der Waals surface area contributed by atoms with Gasteiger partial charge in [0.2, 0.25) is 5.91 Å². The summed E-state index contributed by atoms with van der Waals surface area (Å²) in [5.74, 6) is 0.763. The van der Waals surface area contributed by atoms with E-state index in [0.717, 1.165) is 11.3 Å². The molecule has 2 heterocycles. The predicted octanol–water partition coefficient (Wildman–Crippen LogP) is 4.73. The second kappa shape index (κ2) is 8.34. The van der Waals surface area contributed by atoms with Crippen molar-refractivity contribution in [2.75, 3.05) is 5.75 Å². The highest BCUT2D eigenvalue weighted by molar-refractivity contribution is 8.14. The highest BCUT2D eigenvalue weighted by atomic mass is 35.5. The molecule has 1 amide bonds. The largest absolute Gasteiger partial charge is 0.287 e. The molecule has 2 aromatic carbocycles. The third-order valence-electron chi connectivity index (χ3n) is 4.17. The third kappa shape index (κ3) is 4.22. The number of rotatable bonds is 4. The molecule has 9 heteroatoms. The molecule has 0 saturated carbocycles. The monoisotopic (exact) mass is 431 g/mol. The number of benzene rings is 2. The number of aromatic nitrogens is 3. The van der Waals surface area contributed by atoms with E-state index in [1.54, 1.807) is 45.9 Å². The first kappa shape index (κ1) is 19.0. The molecule has 1 fully saturated rings. The van der Waals surface area contributed by atoms with E-state index < -0.39 is 0 Å². The molecule has 142 valence electrons. The Labute approximate surface area is 176 Å². The first-order valence-electron chi connectivity index (χ1n) is 8.51. The van der Waals surface area contributed by atoms with Crippen LogP contribution in [-0.2, 0) is 11.3 Å². The van der Waals surface area contributed by atoms with E-state index in [-0.39, 0.29) is 5.91 Å². The van der Waals surface area contributed by atoms with Crippen molar-refractivity contribution in [3.8, 4) is 5.69 Å². The van der Waals surface area contributed by atoms with Crippen molar-refractivity contribution in [1.82, 2.24) is 19.7 Å². The van der Waals surface area contributed by atoms with Crippen molar-refractivity contribution in [3.63, 3.8) is 0 Å². The summed E-state index contributed by atoms with van der Waals surface area (Å²) in [6.07, 6.45) is 3.62. The maximum atomic E-state index is 12.5. The summed E-state index contributed by atoms with van der Waals surface area (Å²) in [5.41, 5.74) is 2.57. The molecule has 1 aliphatic heterocycles. The van der Waals surface area contributed by atoms with Crippen molar-refractivity contribution < 1.29 is 4.79 Å². The first-order chi connectivity index (χ1) is 13.6. The van der Waals surface area contributed by atoms with Crippen LogP contribution >= 0.6 is 35.0 Å². The van der Waals surface area contributed by atoms with Gasteiger partial charge in [-0.25, -0.2) is 14.7 Å². The quantitative estimate of drug-likeness (QED) is 0.598. The van der Waals surface area contributed by atoms with E-state index in [9.17, 15) is 4.79 Å². The van der Waals surface area contributed by atoms with Crippen LogP contribution in [0.5, 0.6) is 0 Å². The number of carbonyl (C=O) groups is 1. The molecular formula is C19H15Cl2N5OS. The molecule has 28 heavy (non-hydrogen) atoms. The van der Waals surface area contributed by atoms with Gasteiger partial charge >= 0.3 is 0 Å². The van der Waals surface area contributed by atoms with Gasteiger partial charge in [-0.15, -0.1) is 0 Å². The number of thioether (sulfide) groups is 1. The molecule has 1 aliphatic rings. The van der Waals surface area contributed by atoms with Gasteiger partial charge < -0.3 is 0 Å². The summed E-state index contributed by atoms with van der Waals surface area (Å²) in [4.78, 5) is 22.8. The number of aliphatic imine (C=N–C) groups is 1. The Morgan fingerprint density at radius 1 is 1.11 bits per heavy atom. The number of hydrogen-bond acceptors (Lipinski definition) is 5. The normalized spacial score (nSPS) is 16.0. The Hall–Kier alpha value is -2.35. The van der Waals surface area contributed by atoms with Crippen LogP contribution in [0.4, 0.5) is 5.69 Å². The van der Waals surface area contributed by atoms with E-state index in [1.165, 1.54) is 6.33 Å².